The molecular weight excluding hydrogens is 250 g/mol. The van der Waals surface area contributed by atoms with Gasteiger partial charge in [0.15, 0.2) is 0 Å². The summed E-state index contributed by atoms with van der Waals surface area (Å²) in [5.74, 6) is 0. The van der Waals surface area contributed by atoms with E-state index in [9.17, 15) is 4.79 Å². The summed E-state index contributed by atoms with van der Waals surface area (Å²) in [7, 11) is 0. The van der Waals surface area contributed by atoms with Gasteiger partial charge in [0, 0.05) is 12.1 Å². The number of ether oxygens (including phenoxy) is 1. The summed E-state index contributed by atoms with van der Waals surface area (Å²) in [5, 5.41) is 0.698. The molecule has 0 radical (unpaired) electrons. The Morgan fingerprint density at radius 1 is 1.44 bits per heavy atom. The molecule has 98 valence electrons. The Morgan fingerprint density at radius 2 is 2.17 bits per heavy atom. The fourth-order valence-corrected chi connectivity index (χ4v) is 2.11. The largest absolute Gasteiger partial charge is 0.444 e. The number of thiol groups is 1. The molecule has 0 aromatic carbocycles. The first-order valence-electron chi connectivity index (χ1n) is 5.86. The van der Waals surface area contributed by atoms with Crippen LogP contribution >= 0.6 is 12.6 Å². The first-order chi connectivity index (χ1) is 8.37. The topological polar surface area (TPSA) is 55.3 Å². The van der Waals surface area contributed by atoms with Gasteiger partial charge in [0.2, 0.25) is 0 Å². The van der Waals surface area contributed by atoms with Crippen molar-refractivity contribution in [3.63, 3.8) is 0 Å². The third-order valence-corrected chi connectivity index (χ3v) is 3.02. The van der Waals surface area contributed by atoms with Crippen molar-refractivity contribution in [2.24, 2.45) is 0 Å². The maximum absolute atomic E-state index is 11.9. The molecule has 0 saturated carbocycles. The predicted molar refractivity (Wildman–Crippen MR) is 69.6 cm³/mol. The van der Waals surface area contributed by atoms with Crippen LogP contribution in [0.15, 0.2) is 11.4 Å². The molecule has 1 aliphatic rings. The van der Waals surface area contributed by atoms with Gasteiger partial charge in [-0.15, -0.1) is 12.6 Å². The molecule has 0 bridgehead atoms. The average Bonchev–Trinajstić information content (AvgIpc) is 2.26. The zero-order valence-corrected chi connectivity index (χ0v) is 11.7. The highest BCUT2D eigenvalue weighted by Crippen LogP contribution is 2.22. The number of amides is 1. The lowest BCUT2D eigenvalue weighted by Gasteiger charge is -2.30. The quantitative estimate of drug-likeness (QED) is 0.577. The highest BCUT2D eigenvalue weighted by molar-refractivity contribution is 7.80. The maximum Gasteiger partial charge on any atom is 0.410 e. The van der Waals surface area contributed by atoms with Crippen molar-refractivity contribution in [3.05, 3.63) is 17.6 Å². The van der Waals surface area contributed by atoms with E-state index >= 15 is 0 Å². The number of aromatic nitrogens is 2. The average molecular weight is 267 g/mol. The van der Waals surface area contributed by atoms with Crippen molar-refractivity contribution >= 4 is 18.7 Å². The Morgan fingerprint density at radius 3 is 2.83 bits per heavy atom. The Balaban J connectivity index is 2.11. The number of nitrogens with zero attached hydrogens (tertiary/aromatic N) is 3. The van der Waals surface area contributed by atoms with Crippen LogP contribution in [0.1, 0.15) is 32.0 Å². The van der Waals surface area contributed by atoms with Crippen LogP contribution in [0.3, 0.4) is 0 Å². The summed E-state index contributed by atoms with van der Waals surface area (Å²) in [6.45, 7) is 6.65. The number of fused-ring (bicyclic) bond motifs is 1. The first kappa shape index (κ1) is 13.1. The van der Waals surface area contributed by atoms with Gasteiger partial charge in [-0.05, 0) is 27.2 Å². The Labute approximate surface area is 112 Å². The van der Waals surface area contributed by atoms with Gasteiger partial charge < -0.3 is 9.64 Å². The zero-order valence-electron chi connectivity index (χ0n) is 10.8. The molecule has 1 amide bonds. The molecule has 0 saturated heterocycles. The fraction of sp³-hybridized carbons (Fsp3) is 0.583. The number of carbonyl (C=O) groups excluding carboxylic acids is 1. The molecule has 0 fully saturated rings. The molecule has 1 aliphatic heterocycles. The normalized spacial score (nSPS) is 15.2. The second kappa shape index (κ2) is 4.76. The second-order valence-corrected chi connectivity index (χ2v) is 5.70. The van der Waals surface area contributed by atoms with Gasteiger partial charge in [0.1, 0.15) is 11.9 Å². The SMILES string of the molecule is CC(C)(C)OC(=O)N1CCc2c(S)ncnc2C1. The molecule has 2 rings (SSSR count). The van der Waals surface area contributed by atoms with E-state index in [-0.39, 0.29) is 6.09 Å². The zero-order chi connectivity index (χ0) is 13.3. The smallest absolute Gasteiger partial charge is 0.410 e. The molecule has 2 heterocycles. The number of hydrogen-bond acceptors (Lipinski definition) is 5. The van der Waals surface area contributed by atoms with Gasteiger partial charge in [-0.3, -0.25) is 0 Å². The van der Waals surface area contributed by atoms with E-state index < -0.39 is 5.60 Å². The molecule has 5 nitrogen and oxygen atoms in total. The lowest BCUT2D eigenvalue weighted by Crippen LogP contribution is -2.40. The van der Waals surface area contributed by atoms with Crippen molar-refractivity contribution < 1.29 is 9.53 Å². The molecule has 0 unspecified atom stereocenters. The number of hydrogen-bond donors (Lipinski definition) is 1. The van der Waals surface area contributed by atoms with E-state index in [1.807, 2.05) is 20.8 Å². The molecule has 0 spiro atoms. The van der Waals surface area contributed by atoms with E-state index in [2.05, 4.69) is 22.6 Å². The summed E-state index contributed by atoms with van der Waals surface area (Å²) < 4.78 is 5.35. The molecule has 1 aromatic heterocycles. The van der Waals surface area contributed by atoms with Gasteiger partial charge in [0.05, 0.1) is 17.3 Å². The number of rotatable bonds is 0. The van der Waals surface area contributed by atoms with Crippen molar-refractivity contribution in [1.82, 2.24) is 14.9 Å². The molecule has 1 aromatic rings. The second-order valence-electron chi connectivity index (χ2n) is 5.27. The van der Waals surface area contributed by atoms with Crippen molar-refractivity contribution in [3.8, 4) is 0 Å². The van der Waals surface area contributed by atoms with E-state index in [0.29, 0.717) is 24.5 Å². The summed E-state index contributed by atoms with van der Waals surface area (Å²) >= 11 is 4.30. The summed E-state index contributed by atoms with van der Waals surface area (Å²) in [5.41, 5.74) is 1.41. The van der Waals surface area contributed by atoms with Crippen LogP contribution in [-0.4, -0.2) is 33.1 Å². The van der Waals surface area contributed by atoms with Crippen LogP contribution in [-0.2, 0) is 17.7 Å². The molecule has 0 N–H and O–H groups in total. The molecule has 0 aliphatic carbocycles. The van der Waals surface area contributed by atoms with Crippen molar-refractivity contribution in [1.29, 1.82) is 0 Å². The maximum atomic E-state index is 11.9. The standard InChI is InChI=1S/C12H17N3O2S/c1-12(2,3)17-11(16)15-5-4-8-9(6-15)13-7-14-10(8)18/h7H,4-6H2,1-3H3,(H,13,14,18). The summed E-state index contributed by atoms with van der Waals surface area (Å²) in [6, 6.07) is 0. The molecule has 6 heteroatoms. The lowest BCUT2D eigenvalue weighted by atomic mass is 10.1. The van der Waals surface area contributed by atoms with Crippen LogP contribution in [0.4, 0.5) is 4.79 Å². The van der Waals surface area contributed by atoms with E-state index in [4.69, 9.17) is 4.74 Å². The minimum Gasteiger partial charge on any atom is -0.444 e. The van der Waals surface area contributed by atoms with Gasteiger partial charge in [-0.25, -0.2) is 14.8 Å². The third kappa shape index (κ3) is 2.93. The fourth-order valence-electron chi connectivity index (χ4n) is 1.82. The van der Waals surface area contributed by atoms with Crippen molar-refractivity contribution in [2.75, 3.05) is 6.54 Å². The van der Waals surface area contributed by atoms with E-state index in [1.165, 1.54) is 6.33 Å². The first-order valence-corrected chi connectivity index (χ1v) is 6.31. The van der Waals surface area contributed by atoms with Gasteiger partial charge in [-0.1, -0.05) is 0 Å². The molecule has 0 atom stereocenters. The van der Waals surface area contributed by atoms with E-state index in [1.54, 1.807) is 4.90 Å². The lowest BCUT2D eigenvalue weighted by molar-refractivity contribution is 0.0219. The number of carbonyl (C=O) groups is 1. The highest BCUT2D eigenvalue weighted by Gasteiger charge is 2.27. The summed E-state index contributed by atoms with van der Waals surface area (Å²) in [4.78, 5) is 21.9. The van der Waals surface area contributed by atoms with Gasteiger partial charge >= 0.3 is 6.09 Å². The van der Waals surface area contributed by atoms with Crippen LogP contribution in [0, 0.1) is 0 Å². The minimum absolute atomic E-state index is 0.299. The Kier molecular flexibility index (Phi) is 3.47. The van der Waals surface area contributed by atoms with Crippen molar-refractivity contribution in [2.45, 2.75) is 44.4 Å². The molecular formula is C12H17N3O2S. The Hall–Kier alpha value is -1.30. The van der Waals surface area contributed by atoms with Gasteiger partial charge in [0.25, 0.3) is 0 Å². The van der Waals surface area contributed by atoms with Gasteiger partial charge in [-0.2, -0.15) is 0 Å². The Bertz CT molecular complexity index is 471. The minimum atomic E-state index is -0.474. The highest BCUT2D eigenvalue weighted by atomic mass is 32.1. The van der Waals surface area contributed by atoms with Crippen LogP contribution in [0.25, 0.3) is 0 Å². The predicted octanol–water partition coefficient (Wildman–Crippen LogP) is 2.06. The molecule has 18 heavy (non-hydrogen) atoms. The third-order valence-electron chi connectivity index (χ3n) is 2.64. The van der Waals surface area contributed by atoms with E-state index in [0.717, 1.165) is 11.3 Å². The van der Waals surface area contributed by atoms with Crippen LogP contribution < -0.4 is 0 Å². The van der Waals surface area contributed by atoms with Crippen LogP contribution in [0.2, 0.25) is 0 Å². The monoisotopic (exact) mass is 267 g/mol. The van der Waals surface area contributed by atoms with Crippen LogP contribution in [0.5, 0.6) is 0 Å². The summed E-state index contributed by atoms with van der Waals surface area (Å²) in [6.07, 6.45) is 1.89.